The van der Waals surface area contributed by atoms with Gasteiger partial charge < -0.3 is 23.5 Å². The van der Waals surface area contributed by atoms with E-state index in [2.05, 4.69) is 20.7 Å². The van der Waals surface area contributed by atoms with Gasteiger partial charge in [-0.1, -0.05) is 28.5 Å². The third-order valence-electron chi connectivity index (χ3n) is 4.23. The lowest BCUT2D eigenvalue weighted by atomic mass is 10.1. The van der Waals surface area contributed by atoms with E-state index in [1.165, 1.54) is 0 Å². The summed E-state index contributed by atoms with van der Waals surface area (Å²) in [7, 11) is 0. The van der Waals surface area contributed by atoms with Gasteiger partial charge in [0.25, 0.3) is 5.91 Å². The van der Waals surface area contributed by atoms with Crippen LogP contribution >= 0.6 is 0 Å². The molecule has 3 aromatic rings. The Balaban J connectivity index is 1.20. The zero-order valence-electron chi connectivity index (χ0n) is 16.9. The number of rotatable bonds is 8. The molecule has 0 atom stereocenters. The number of fused-ring (bicyclic) bond motifs is 1. The number of carbonyl (C=O) groups is 2. The van der Waals surface area contributed by atoms with E-state index in [4.69, 9.17) is 23.5 Å². The molecule has 164 valence electrons. The minimum Gasteiger partial charge on any atom is -0.454 e. The van der Waals surface area contributed by atoms with Gasteiger partial charge in [-0.25, -0.2) is 4.79 Å². The number of anilines is 1. The van der Waals surface area contributed by atoms with Crippen LogP contribution in [0.1, 0.15) is 12.5 Å². The van der Waals surface area contributed by atoms with Crippen molar-refractivity contribution < 1.29 is 33.1 Å². The number of esters is 1. The third kappa shape index (κ3) is 5.19. The standard InChI is InChI=1S/C21H18N4O7/c1-13(15-7-8-16-17(9-15)30-12-29-16)25-31-11-19(27)28-10-18(26)22-21-24-23-20(32-21)14-5-3-2-4-6-14/h2-9H,10-12H2,1H3,(H,22,24,26). The number of hydrogen-bond donors (Lipinski definition) is 1. The number of aromatic nitrogens is 2. The minimum atomic E-state index is -0.766. The maximum Gasteiger partial charge on any atom is 0.347 e. The van der Waals surface area contributed by atoms with Crippen LogP contribution in [0.15, 0.2) is 58.1 Å². The third-order valence-corrected chi connectivity index (χ3v) is 4.23. The normalized spacial score (nSPS) is 12.3. The number of nitrogens with one attached hydrogen (secondary N) is 1. The average molecular weight is 438 g/mol. The number of amides is 1. The monoisotopic (exact) mass is 438 g/mol. The minimum absolute atomic E-state index is 0.106. The molecule has 2 aromatic carbocycles. The van der Waals surface area contributed by atoms with Crippen molar-refractivity contribution in [3.8, 4) is 23.0 Å². The van der Waals surface area contributed by atoms with E-state index in [0.29, 0.717) is 22.8 Å². The van der Waals surface area contributed by atoms with E-state index in [1.807, 2.05) is 18.2 Å². The summed E-state index contributed by atoms with van der Waals surface area (Å²) in [6, 6.07) is 14.3. The van der Waals surface area contributed by atoms with Crippen molar-refractivity contribution in [2.45, 2.75) is 6.92 Å². The molecule has 0 saturated heterocycles. The van der Waals surface area contributed by atoms with Gasteiger partial charge in [0.05, 0.1) is 5.71 Å². The first kappa shape index (κ1) is 20.8. The molecule has 11 nitrogen and oxygen atoms in total. The van der Waals surface area contributed by atoms with Crippen molar-refractivity contribution in [3.05, 3.63) is 54.1 Å². The van der Waals surface area contributed by atoms with Crippen LogP contribution in [0.3, 0.4) is 0 Å². The lowest BCUT2D eigenvalue weighted by Gasteiger charge is -2.05. The summed E-state index contributed by atoms with van der Waals surface area (Å²) in [6.45, 7) is 0.875. The zero-order valence-corrected chi connectivity index (χ0v) is 16.9. The fourth-order valence-electron chi connectivity index (χ4n) is 2.67. The smallest absolute Gasteiger partial charge is 0.347 e. The first-order chi connectivity index (χ1) is 15.6. The van der Waals surface area contributed by atoms with Crippen LogP contribution in [-0.4, -0.2) is 47.8 Å². The SMILES string of the molecule is CC(=NOCC(=O)OCC(=O)Nc1nnc(-c2ccccc2)o1)c1ccc2c(c1)OCO2. The first-order valence-electron chi connectivity index (χ1n) is 9.49. The summed E-state index contributed by atoms with van der Waals surface area (Å²) >= 11 is 0. The van der Waals surface area contributed by atoms with Crippen molar-refractivity contribution in [2.24, 2.45) is 5.16 Å². The topological polar surface area (TPSA) is 134 Å². The molecule has 11 heteroatoms. The van der Waals surface area contributed by atoms with Gasteiger partial charge in [-0.2, -0.15) is 0 Å². The molecule has 4 rings (SSSR count). The molecule has 0 unspecified atom stereocenters. The van der Waals surface area contributed by atoms with Crippen molar-refractivity contribution in [2.75, 3.05) is 25.3 Å². The van der Waals surface area contributed by atoms with Crippen molar-refractivity contribution in [1.29, 1.82) is 0 Å². The highest BCUT2D eigenvalue weighted by Crippen LogP contribution is 2.32. The first-order valence-corrected chi connectivity index (χ1v) is 9.49. The van der Waals surface area contributed by atoms with Crippen molar-refractivity contribution >= 4 is 23.6 Å². The summed E-state index contributed by atoms with van der Waals surface area (Å²) < 4.78 is 20.8. The predicted octanol–water partition coefficient (Wildman–Crippen LogP) is 2.39. The van der Waals surface area contributed by atoms with E-state index in [1.54, 1.807) is 37.3 Å². The molecule has 1 aliphatic rings. The second-order valence-corrected chi connectivity index (χ2v) is 6.51. The summed E-state index contributed by atoms with van der Waals surface area (Å²) in [5, 5.41) is 13.8. The van der Waals surface area contributed by atoms with Crippen LogP contribution in [0.5, 0.6) is 11.5 Å². The molecule has 1 aliphatic heterocycles. The molecule has 32 heavy (non-hydrogen) atoms. The molecule has 1 amide bonds. The zero-order chi connectivity index (χ0) is 22.3. The van der Waals surface area contributed by atoms with E-state index < -0.39 is 25.1 Å². The summed E-state index contributed by atoms with van der Waals surface area (Å²) in [5.41, 5.74) is 1.98. The summed E-state index contributed by atoms with van der Waals surface area (Å²) in [5.74, 6) is 0.113. The van der Waals surface area contributed by atoms with E-state index in [-0.39, 0.29) is 18.7 Å². The van der Waals surface area contributed by atoms with Crippen molar-refractivity contribution in [1.82, 2.24) is 10.2 Å². The molecule has 0 aliphatic carbocycles. The van der Waals surface area contributed by atoms with Crippen LogP contribution in [-0.2, 0) is 19.2 Å². The lowest BCUT2D eigenvalue weighted by Crippen LogP contribution is -2.22. The molecule has 0 spiro atoms. The number of carbonyl (C=O) groups excluding carboxylic acids is 2. The van der Waals surface area contributed by atoms with Crippen LogP contribution < -0.4 is 14.8 Å². The lowest BCUT2D eigenvalue weighted by molar-refractivity contribution is -0.151. The Hall–Kier alpha value is -4.41. The Bertz CT molecular complexity index is 1140. The number of benzene rings is 2. The second-order valence-electron chi connectivity index (χ2n) is 6.51. The van der Waals surface area contributed by atoms with Gasteiger partial charge in [0.15, 0.2) is 18.1 Å². The summed E-state index contributed by atoms with van der Waals surface area (Å²) in [4.78, 5) is 28.7. The summed E-state index contributed by atoms with van der Waals surface area (Å²) in [6.07, 6.45) is 0. The van der Waals surface area contributed by atoms with E-state index in [9.17, 15) is 9.59 Å². The maximum atomic E-state index is 11.9. The predicted molar refractivity (Wildman–Crippen MR) is 110 cm³/mol. The number of nitrogens with zero attached hydrogens (tertiary/aromatic N) is 3. The Kier molecular flexibility index (Phi) is 6.25. The molecule has 1 aromatic heterocycles. The fraction of sp³-hybridized carbons (Fsp3) is 0.190. The molecular weight excluding hydrogens is 420 g/mol. The molecule has 0 saturated carbocycles. The van der Waals surface area contributed by atoms with Crippen LogP contribution in [0.4, 0.5) is 6.01 Å². The molecule has 0 fully saturated rings. The quantitative estimate of drug-likeness (QED) is 0.319. The van der Waals surface area contributed by atoms with Gasteiger partial charge in [-0.3, -0.25) is 10.1 Å². The average Bonchev–Trinajstić information content (AvgIpc) is 3.47. The van der Waals surface area contributed by atoms with E-state index in [0.717, 1.165) is 5.56 Å². The van der Waals surface area contributed by atoms with Gasteiger partial charge in [0.2, 0.25) is 19.3 Å². The van der Waals surface area contributed by atoms with Gasteiger partial charge >= 0.3 is 12.0 Å². The van der Waals surface area contributed by atoms with Crippen molar-refractivity contribution in [3.63, 3.8) is 0 Å². The Labute approximate surface area is 181 Å². The number of oxime groups is 1. The molecular formula is C21H18N4O7. The highest BCUT2D eigenvalue weighted by molar-refractivity contribution is 5.99. The van der Waals surface area contributed by atoms with Crippen LogP contribution in [0, 0.1) is 0 Å². The molecule has 1 N–H and O–H groups in total. The van der Waals surface area contributed by atoms with Crippen LogP contribution in [0.25, 0.3) is 11.5 Å². The van der Waals surface area contributed by atoms with Gasteiger partial charge in [-0.05, 0) is 37.3 Å². The van der Waals surface area contributed by atoms with Crippen LogP contribution in [0.2, 0.25) is 0 Å². The molecule has 0 bridgehead atoms. The Morgan fingerprint density at radius 1 is 1.06 bits per heavy atom. The Morgan fingerprint density at radius 2 is 1.88 bits per heavy atom. The van der Waals surface area contributed by atoms with E-state index >= 15 is 0 Å². The number of ether oxygens (including phenoxy) is 3. The number of hydrogen-bond acceptors (Lipinski definition) is 10. The highest BCUT2D eigenvalue weighted by Gasteiger charge is 2.15. The highest BCUT2D eigenvalue weighted by atomic mass is 16.7. The van der Waals surface area contributed by atoms with Gasteiger partial charge in [0, 0.05) is 11.1 Å². The molecule has 0 radical (unpaired) electrons. The molecule has 2 heterocycles. The fourth-order valence-corrected chi connectivity index (χ4v) is 2.67. The second kappa shape index (κ2) is 9.60. The largest absolute Gasteiger partial charge is 0.454 e. The Morgan fingerprint density at radius 3 is 2.72 bits per heavy atom. The van der Waals surface area contributed by atoms with Gasteiger partial charge in [0.1, 0.15) is 0 Å². The maximum absolute atomic E-state index is 11.9. The van der Waals surface area contributed by atoms with Gasteiger partial charge in [-0.15, -0.1) is 5.10 Å².